The molecule has 1 heterocycles. The number of ether oxygens (including phenoxy) is 2. The van der Waals surface area contributed by atoms with Gasteiger partial charge in [0, 0.05) is 16.2 Å². The SMILES string of the molecule is COc1cccc(OC2CCc3cc(Br)ccc3NC2)c1. The van der Waals surface area contributed by atoms with Gasteiger partial charge in [-0.3, -0.25) is 0 Å². The first kappa shape index (κ1) is 14.3. The lowest BCUT2D eigenvalue weighted by Gasteiger charge is -2.17. The van der Waals surface area contributed by atoms with Crippen LogP contribution in [0.2, 0.25) is 0 Å². The molecule has 0 bridgehead atoms. The van der Waals surface area contributed by atoms with Crippen molar-refractivity contribution in [3.05, 3.63) is 52.5 Å². The van der Waals surface area contributed by atoms with Crippen molar-refractivity contribution in [3.8, 4) is 11.5 Å². The van der Waals surface area contributed by atoms with Gasteiger partial charge in [0.25, 0.3) is 0 Å². The molecule has 0 aromatic heterocycles. The van der Waals surface area contributed by atoms with E-state index < -0.39 is 0 Å². The fourth-order valence-corrected chi connectivity index (χ4v) is 2.96. The summed E-state index contributed by atoms with van der Waals surface area (Å²) in [6, 6.07) is 14.1. The summed E-state index contributed by atoms with van der Waals surface area (Å²) in [7, 11) is 1.67. The van der Waals surface area contributed by atoms with Crippen molar-refractivity contribution in [2.45, 2.75) is 18.9 Å². The van der Waals surface area contributed by atoms with Crippen molar-refractivity contribution in [3.63, 3.8) is 0 Å². The Hall–Kier alpha value is -1.68. The number of halogens is 1. The van der Waals surface area contributed by atoms with Crippen LogP contribution in [0.15, 0.2) is 46.9 Å². The molecule has 0 amide bonds. The third-order valence-corrected chi connectivity index (χ3v) is 4.16. The summed E-state index contributed by atoms with van der Waals surface area (Å²) in [5.74, 6) is 1.68. The van der Waals surface area contributed by atoms with Gasteiger partial charge in [0.2, 0.25) is 0 Å². The highest BCUT2D eigenvalue weighted by Crippen LogP contribution is 2.27. The molecule has 21 heavy (non-hydrogen) atoms. The number of aryl methyl sites for hydroxylation is 1. The van der Waals surface area contributed by atoms with Crippen LogP contribution >= 0.6 is 15.9 Å². The molecule has 4 heteroatoms. The molecule has 1 aliphatic heterocycles. The van der Waals surface area contributed by atoms with Crippen LogP contribution in [0.3, 0.4) is 0 Å². The van der Waals surface area contributed by atoms with Crippen LogP contribution in [-0.2, 0) is 6.42 Å². The normalized spacial score (nSPS) is 17.3. The van der Waals surface area contributed by atoms with Gasteiger partial charge < -0.3 is 14.8 Å². The Morgan fingerprint density at radius 1 is 1.14 bits per heavy atom. The van der Waals surface area contributed by atoms with E-state index in [0.717, 1.165) is 35.4 Å². The molecule has 0 radical (unpaired) electrons. The van der Waals surface area contributed by atoms with E-state index in [0.29, 0.717) is 0 Å². The molecule has 0 spiro atoms. The minimum absolute atomic E-state index is 0.156. The lowest BCUT2D eigenvalue weighted by atomic mass is 10.1. The number of hydrogen-bond donors (Lipinski definition) is 1. The van der Waals surface area contributed by atoms with Gasteiger partial charge in [0.15, 0.2) is 0 Å². The number of hydrogen-bond acceptors (Lipinski definition) is 3. The van der Waals surface area contributed by atoms with E-state index in [-0.39, 0.29) is 6.10 Å². The summed E-state index contributed by atoms with van der Waals surface area (Å²) < 4.78 is 12.4. The zero-order valence-electron chi connectivity index (χ0n) is 11.9. The Morgan fingerprint density at radius 3 is 2.86 bits per heavy atom. The number of fused-ring (bicyclic) bond motifs is 1. The molecular weight excluding hydrogens is 330 g/mol. The number of nitrogens with one attached hydrogen (secondary N) is 1. The first-order valence-corrected chi connectivity index (χ1v) is 7.87. The second kappa shape index (κ2) is 6.39. The molecule has 0 saturated heterocycles. The highest BCUT2D eigenvalue weighted by Gasteiger charge is 2.17. The van der Waals surface area contributed by atoms with Crippen molar-refractivity contribution in [2.75, 3.05) is 19.0 Å². The highest BCUT2D eigenvalue weighted by molar-refractivity contribution is 9.10. The molecule has 1 N–H and O–H groups in total. The summed E-state index contributed by atoms with van der Waals surface area (Å²) in [4.78, 5) is 0. The van der Waals surface area contributed by atoms with E-state index in [1.165, 1.54) is 11.3 Å². The molecule has 1 aliphatic rings. The first-order chi connectivity index (χ1) is 10.2. The van der Waals surface area contributed by atoms with Gasteiger partial charge in [0.05, 0.1) is 13.7 Å². The van der Waals surface area contributed by atoms with E-state index in [9.17, 15) is 0 Å². The monoisotopic (exact) mass is 347 g/mol. The molecule has 1 unspecified atom stereocenters. The lowest BCUT2D eigenvalue weighted by molar-refractivity contribution is 0.205. The summed E-state index contributed by atoms with van der Waals surface area (Å²) in [5, 5.41) is 3.47. The van der Waals surface area contributed by atoms with Gasteiger partial charge in [-0.1, -0.05) is 22.0 Å². The zero-order valence-corrected chi connectivity index (χ0v) is 13.5. The molecule has 2 aromatic rings. The van der Waals surface area contributed by atoms with Crippen molar-refractivity contribution in [2.24, 2.45) is 0 Å². The third-order valence-electron chi connectivity index (χ3n) is 3.67. The third kappa shape index (κ3) is 3.50. The topological polar surface area (TPSA) is 30.5 Å². The molecule has 3 rings (SSSR count). The average molecular weight is 348 g/mol. The van der Waals surface area contributed by atoms with Gasteiger partial charge in [-0.15, -0.1) is 0 Å². The second-order valence-corrected chi connectivity index (χ2v) is 6.06. The van der Waals surface area contributed by atoms with Crippen molar-refractivity contribution < 1.29 is 9.47 Å². The number of anilines is 1. The molecule has 0 aliphatic carbocycles. The Kier molecular flexibility index (Phi) is 4.34. The van der Waals surface area contributed by atoms with Gasteiger partial charge in [-0.25, -0.2) is 0 Å². The van der Waals surface area contributed by atoms with Gasteiger partial charge >= 0.3 is 0 Å². The van der Waals surface area contributed by atoms with Gasteiger partial charge in [-0.05, 0) is 48.7 Å². The van der Waals surface area contributed by atoms with E-state index in [4.69, 9.17) is 9.47 Å². The van der Waals surface area contributed by atoms with E-state index in [1.54, 1.807) is 7.11 Å². The van der Waals surface area contributed by atoms with Gasteiger partial charge in [-0.2, -0.15) is 0 Å². The Bertz CT molecular complexity index is 630. The highest BCUT2D eigenvalue weighted by atomic mass is 79.9. The van der Waals surface area contributed by atoms with Crippen molar-refractivity contribution in [1.82, 2.24) is 0 Å². The zero-order chi connectivity index (χ0) is 14.7. The number of benzene rings is 2. The maximum Gasteiger partial charge on any atom is 0.123 e. The lowest BCUT2D eigenvalue weighted by Crippen LogP contribution is -2.24. The summed E-state index contributed by atoms with van der Waals surface area (Å²) in [5.41, 5.74) is 2.54. The smallest absolute Gasteiger partial charge is 0.123 e. The quantitative estimate of drug-likeness (QED) is 0.899. The largest absolute Gasteiger partial charge is 0.497 e. The van der Waals surface area contributed by atoms with Crippen LogP contribution in [0.4, 0.5) is 5.69 Å². The number of methoxy groups -OCH3 is 1. The van der Waals surface area contributed by atoms with Crippen LogP contribution in [0, 0.1) is 0 Å². The predicted octanol–water partition coefficient (Wildman–Crippen LogP) is 4.26. The van der Waals surface area contributed by atoms with Crippen LogP contribution < -0.4 is 14.8 Å². The molecule has 110 valence electrons. The molecule has 1 atom stereocenters. The van der Waals surface area contributed by atoms with Crippen LogP contribution in [0.1, 0.15) is 12.0 Å². The van der Waals surface area contributed by atoms with Crippen molar-refractivity contribution in [1.29, 1.82) is 0 Å². The molecule has 0 fully saturated rings. The van der Waals surface area contributed by atoms with E-state index >= 15 is 0 Å². The van der Waals surface area contributed by atoms with Crippen LogP contribution in [0.25, 0.3) is 0 Å². The Balaban J connectivity index is 1.69. The van der Waals surface area contributed by atoms with Crippen LogP contribution in [-0.4, -0.2) is 19.8 Å². The fourth-order valence-electron chi connectivity index (χ4n) is 2.55. The molecule has 3 nitrogen and oxygen atoms in total. The Morgan fingerprint density at radius 2 is 2.00 bits per heavy atom. The summed E-state index contributed by atoms with van der Waals surface area (Å²) in [6.45, 7) is 0.811. The second-order valence-electron chi connectivity index (χ2n) is 5.14. The fraction of sp³-hybridized carbons (Fsp3) is 0.294. The first-order valence-electron chi connectivity index (χ1n) is 7.07. The average Bonchev–Trinajstić information content (AvgIpc) is 2.70. The standard InChI is InChI=1S/C17H18BrNO2/c1-20-14-3-2-4-15(10-14)21-16-7-5-12-9-13(18)6-8-17(12)19-11-16/h2-4,6,8-10,16,19H,5,7,11H2,1H3. The van der Waals surface area contributed by atoms with E-state index in [2.05, 4.69) is 39.4 Å². The molecular formula is C17H18BrNO2. The van der Waals surface area contributed by atoms with Gasteiger partial charge in [0.1, 0.15) is 17.6 Å². The minimum Gasteiger partial charge on any atom is -0.497 e. The summed E-state index contributed by atoms with van der Waals surface area (Å²) in [6.07, 6.45) is 2.16. The van der Waals surface area contributed by atoms with E-state index in [1.807, 2.05) is 24.3 Å². The minimum atomic E-state index is 0.156. The van der Waals surface area contributed by atoms with Crippen molar-refractivity contribution >= 4 is 21.6 Å². The maximum absolute atomic E-state index is 6.09. The number of rotatable bonds is 3. The molecule has 2 aromatic carbocycles. The van der Waals surface area contributed by atoms with Crippen LogP contribution in [0.5, 0.6) is 11.5 Å². The predicted molar refractivity (Wildman–Crippen MR) is 88.4 cm³/mol. The summed E-state index contributed by atoms with van der Waals surface area (Å²) >= 11 is 3.53. The Labute approximate surface area is 133 Å². The maximum atomic E-state index is 6.09. The molecule has 0 saturated carbocycles.